The zero-order chi connectivity index (χ0) is 12.4. The van der Waals surface area contributed by atoms with Crippen LogP contribution in [0.5, 0.6) is 0 Å². The van der Waals surface area contributed by atoms with Crippen molar-refractivity contribution in [2.24, 2.45) is 0 Å². The molecule has 1 atom stereocenters. The highest BCUT2D eigenvalue weighted by Gasteiger charge is 2.23. The molecule has 1 aliphatic heterocycles. The van der Waals surface area contributed by atoms with Gasteiger partial charge in [0.1, 0.15) is 0 Å². The highest BCUT2D eigenvalue weighted by molar-refractivity contribution is 7.09. The number of nitrogens with one attached hydrogen (secondary N) is 1. The molecule has 0 radical (unpaired) electrons. The minimum atomic E-state index is 0.632. The molecule has 1 aromatic rings. The van der Waals surface area contributed by atoms with E-state index in [4.69, 9.17) is 4.98 Å². The molecule has 2 aliphatic rings. The maximum Gasteiger partial charge on any atom is 0.0943 e. The predicted octanol–water partition coefficient (Wildman–Crippen LogP) is 2.25. The summed E-state index contributed by atoms with van der Waals surface area (Å²) in [5.41, 5.74) is 1.37. The van der Waals surface area contributed by atoms with Gasteiger partial charge in [-0.05, 0) is 19.8 Å². The zero-order valence-corrected chi connectivity index (χ0v) is 12.0. The lowest BCUT2D eigenvalue weighted by atomic mass is 9.83. The summed E-state index contributed by atoms with van der Waals surface area (Å²) in [5, 5.41) is 7.04. The van der Waals surface area contributed by atoms with Crippen LogP contribution in [-0.2, 0) is 6.42 Å². The largest absolute Gasteiger partial charge is 0.314 e. The van der Waals surface area contributed by atoms with Gasteiger partial charge in [0.15, 0.2) is 0 Å². The molecule has 3 nitrogen and oxygen atoms in total. The molecule has 1 saturated carbocycles. The van der Waals surface area contributed by atoms with Gasteiger partial charge >= 0.3 is 0 Å². The average molecular weight is 265 g/mol. The van der Waals surface area contributed by atoms with E-state index in [0.29, 0.717) is 6.04 Å². The molecular formula is C14H23N3S. The molecule has 0 spiro atoms. The maximum absolute atomic E-state index is 4.84. The third-order valence-electron chi connectivity index (χ3n) is 4.34. The second kappa shape index (κ2) is 5.68. The molecule has 0 amide bonds. The number of rotatable bonds is 4. The van der Waals surface area contributed by atoms with Gasteiger partial charge in [-0.3, -0.25) is 4.90 Å². The predicted molar refractivity (Wildman–Crippen MR) is 76.3 cm³/mol. The molecule has 2 heterocycles. The number of nitrogens with zero attached hydrogens (tertiary/aromatic N) is 2. The standard InChI is InChI=1S/C14H23N3S/c1-11(17-7-5-15-6-8-17)9-14-16-13(10-18-14)12-3-2-4-12/h10-12,15H,2-9H2,1H3. The Morgan fingerprint density at radius 2 is 2.22 bits per heavy atom. The van der Waals surface area contributed by atoms with Crippen LogP contribution in [-0.4, -0.2) is 42.1 Å². The Balaban J connectivity index is 1.55. The average Bonchev–Trinajstić information content (AvgIpc) is 2.76. The summed E-state index contributed by atoms with van der Waals surface area (Å²) in [7, 11) is 0. The Labute approximate surface area is 114 Å². The van der Waals surface area contributed by atoms with E-state index < -0.39 is 0 Å². The van der Waals surface area contributed by atoms with Crippen LogP contribution < -0.4 is 5.32 Å². The van der Waals surface area contributed by atoms with Crippen molar-refractivity contribution in [2.75, 3.05) is 26.2 Å². The molecule has 2 fully saturated rings. The molecule has 1 aromatic heterocycles. The van der Waals surface area contributed by atoms with Gasteiger partial charge in [0.05, 0.1) is 10.7 Å². The van der Waals surface area contributed by atoms with Crippen molar-refractivity contribution in [2.45, 2.75) is 44.6 Å². The summed E-state index contributed by atoms with van der Waals surface area (Å²) in [5.74, 6) is 0.782. The zero-order valence-electron chi connectivity index (χ0n) is 11.2. The van der Waals surface area contributed by atoms with Gasteiger partial charge in [-0.2, -0.15) is 0 Å². The Morgan fingerprint density at radius 3 is 2.89 bits per heavy atom. The number of hydrogen-bond acceptors (Lipinski definition) is 4. The van der Waals surface area contributed by atoms with Crippen LogP contribution in [0.2, 0.25) is 0 Å². The first-order valence-electron chi connectivity index (χ1n) is 7.22. The third kappa shape index (κ3) is 2.76. The van der Waals surface area contributed by atoms with Gasteiger partial charge in [0.25, 0.3) is 0 Å². The fraction of sp³-hybridized carbons (Fsp3) is 0.786. The van der Waals surface area contributed by atoms with Crippen LogP contribution in [0.25, 0.3) is 0 Å². The number of piperazine rings is 1. The number of aromatic nitrogens is 1. The van der Waals surface area contributed by atoms with Crippen LogP contribution in [0.3, 0.4) is 0 Å². The van der Waals surface area contributed by atoms with Crippen molar-refractivity contribution in [3.8, 4) is 0 Å². The Bertz CT molecular complexity index is 380. The lowest BCUT2D eigenvalue weighted by Gasteiger charge is -2.32. The number of hydrogen-bond donors (Lipinski definition) is 1. The van der Waals surface area contributed by atoms with E-state index in [1.54, 1.807) is 0 Å². The fourth-order valence-corrected chi connectivity index (χ4v) is 3.81. The minimum Gasteiger partial charge on any atom is -0.314 e. The molecule has 0 bridgehead atoms. The monoisotopic (exact) mass is 265 g/mol. The SMILES string of the molecule is CC(Cc1nc(C2CCC2)cs1)N1CCNCC1. The van der Waals surface area contributed by atoms with E-state index in [1.807, 2.05) is 11.3 Å². The molecule has 1 aliphatic carbocycles. The summed E-state index contributed by atoms with van der Waals surface area (Å²) >= 11 is 1.87. The smallest absolute Gasteiger partial charge is 0.0943 e. The second-order valence-corrected chi connectivity index (χ2v) is 6.58. The van der Waals surface area contributed by atoms with E-state index in [1.165, 1.54) is 43.1 Å². The quantitative estimate of drug-likeness (QED) is 0.905. The van der Waals surface area contributed by atoms with E-state index in [0.717, 1.165) is 25.4 Å². The highest BCUT2D eigenvalue weighted by Crippen LogP contribution is 2.36. The van der Waals surface area contributed by atoms with Gasteiger partial charge in [-0.25, -0.2) is 4.98 Å². The first kappa shape index (κ1) is 12.6. The van der Waals surface area contributed by atoms with Gasteiger partial charge in [0.2, 0.25) is 0 Å². The Morgan fingerprint density at radius 1 is 1.44 bits per heavy atom. The van der Waals surface area contributed by atoms with Crippen molar-refractivity contribution >= 4 is 11.3 Å². The second-order valence-electron chi connectivity index (χ2n) is 5.63. The summed E-state index contributed by atoms with van der Waals surface area (Å²) in [4.78, 5) is 7.43. The van der Waals surface area contributed by atoms with Crippen LogP contribution in [0.15, 0.2) is 5.38 Å². The van der Waals surface area contributed by atoms with E-state index >= 15 is 0 Å². The van der Waals surface area contributed by atoms with Crippen LogP contribution in [0.1, 0.15) is 42.8 Å². The topological polar surface area (TPSA) is 28.2 Å². The minimum absolute atomic E-state index is 0.632. The molecule has 1 N–H and O–H groups in total. The summed E-state index contributed by atoms with van der Waals surface area (Å²) in [6, 6.07) is 0.632. The molecule has 4 heteroatoms. The van der Waals surface area contributed by atoms with Crippen molar-refractivity contribution in [1.29, 1.82) is 0 Å². The first-order valence-corrected chi connectivity index (χ1v) is 8.10. The van der Waals surface area contributed by atoms with Crippen LogP contribution in [0.4, 0.5) is 0 Å². The van der Waals surface area contributed by atoms with Gasteiger partial charge in [-0.15, -0.1) is 11.3 Å². The molecule has 1 unspecified atom stereocenters. The highest BCUT2D eigenvalue weighted by atomic mass is 32.1. The Kier molecular flexibility index (Phi) is 3.97. The lowest BCUT2D eigenvalue weighted by Crippen LogP contribution is -2.48. The van der Waals surface area contributed by atoms with Gasteiger partial charge in [0, 0.05) is 49.9 Å². The molecule has 3 rings (SSSR count). The Hall–Kier alpha value is -0.450. The number of thiazole rings is 1. The third-order valence-corrected chi connectivity index (χ3v) is 5.23. The summed E-state index contributed by atoms with van der Waals surface area (Å²) in [6.07, 6.45) is 5.24. The van der Waals surface area contributed by atoms with Crippen molar-refractivity contribution in [3.63, 3.8) is 0 Å². The van der Waals surface area contributed by atoms with Crippen LogP contribution in [0, 0.1) is 0 Å². The molecular weight excluding hydrogens is 242 g/mol. The normalized spacial score (nSPS) is 23.8. The summed E-state index contributed by atoms with van der Waals surface area (Å²) < 4.78 is 0. The molecule has 18 heavy (non-hydrogen) atoms. The van der Waals surface area contributed by atoms with E-state index in [2.05, 4.69) is 22.5 Å². The summed E-state index contributed by atoms with van der Waals surface area (Å²) in [6.45, 7) is 6.98. The van der Waals surface area contributed by atoms with Gasteiger partial charge < -0.3 is 5.32 Å². The van der Waals surface area contributed by atoms with Crippen molar-refractivity contribution in [3.05, 3.63) is 16.1 Å². The van der Waals surface area contributed by atoms with E-state index in [9.17, 15) is 0 Å². The molecule has 1 saturated heterocycles. The molecule has 100 valence electrons. The van der Waals surface area contributed by atoms with Crippen molar-refractivity contribution < 1.29 is 0 Å². The van der Waals surface area contributed by atoms with Crippen molar-refractivity contribution in [1.82, 2.24) is 15.2 Å². The first-order chi connectivity index (χ1) is 8.83. The van der Waals surface area contributed by atoms with E-state index in [-0.39, 0.29) is 0 Å². The van der Waals surface area contributed by atoms with Gasteiger partial charge in [-0.1, -0.05) is 6.42 Å². The lowest BCUT2D eigenvalue weighted by molar-refractivity contribution is 0.183. The molecule has 0 aromatic carbocycles. The van der Waals surface area contributed by atoms with Crippen LogP contribution >= 0.6 is 11.3 Å². The maximum atomic E-state index is 4.84. The fourth-order valence-electron chi connectivity index (χ4n) is 2.82.